The zero-order valence-corrected chi connectivity index (χ0v) is 16.7. The fourth-order valence-corrected chi connectivity index (χ4v) is 3.23. The van der Waals surface area contributed by atoms with Crippen molar-refractivity contribution in [3.8, 4) is 0 Å². The number of rotatable bonds is 5. The van der Waals surface area contributed by atoms with Crippen LogP contribution in [0.5, 0.6) is 0 Å². The summed E-state index contributed by atoms with van der Waals surface area (Å²) < 4.78 is 5.69. The summed E-state index contributed by atoms with van der Waals surface area (Å²) in [5, 5.41) is 2.94. The molecule has 1 aliphatic rings. The average molecular weight is 361 g/mol. The van der Waals surface area contributed by atoms with Crippen molar-refractivity contribution >= 4 is 17.5 Å². The maximum absolute atomic E-state index is 12.8. The predicted molar refractivity (Wildman–Crippen MR) is 103 cm³/mol. The number of aryl methyl sites for hydroxylation is 2. The molecule has 1 N–H and O–H groups in total. The fourth-order valence-electron chi connectivity index (χ4n) is 3.23. The Labute approximate surface area is 156 Å². The van der Waals surface area contributed by atoms with Gasteiger partial charge in [-0.25, -0.2) is 0 Å². The first-order valence-electron chi connectivity index (χ1n) is 9.19. The molecule has 0 aliphatic carbocycles. The molecule has 144 valence electrons. The summed E-state index contributed by atoms with van der Waals surface area (Å²) in [5.41, 5.74) is 2.93. The van der Waals surface area contributed by atoms with Crippen LogP contribution < -0.4 is 5.32 Å². The van der Waals surface area contributed by atoms with Crippen molar-refractivity contribution in [1.82, 2.24) is 9.80 Å². The molecular formula is C20H31N3O3. The van der Waals surface area contributed by atoms with E-state index >= 15 is 0 Å². The second-order valence-electron chi connectivity index (χ2n) is 7.46. The Morgan fingerprint density at radius 2 is 1.88 bits per heavy atom. The third kappa shape index (κ3) is 5.29. The maximum atomic E-state index is 12.8. The highest BCUT2D eigenvalue weighted by Gasteiger charge is 2.30. The lowest BCUT2D eigenvalue weighted by Crippen LogP contribution is -2.54. The van der Waals surface area contributed by atoms with Gasteiger partial charge in [-0.3, -0.25) is 14.5 Å². The standard InChI is InChI=1S/C20H31N3O3/c1-13-7-8-14(2)18(9-13)21-19(24)12-22(6)17(5)20(25)23-10-15(3)26-16(4)11-23/h7-9,15-17H,10-12H2,1-6H3,(H,21,24)/t15-,16-,17-/m1/s1. The molecule has 1 saturated heterocycles. The smallest absolute Gasteiger partial charge is 0.239 e. The molecule has 26 heavy (non-hydrogen) atoms. The van der Waals surface area contributed by atoms with Crippen molar-refractivity contribution < 1.29 is 14.3 Å². The van der Waals surface area contributed by atoms with Crippen molar-refractivity contribution in [2.24, 2.45) is 0 Å². The molecule has 0 radical (unpaired) electrons. The minimum absolute atomic E-state index is 0.0350. The van der Waals surface area contributed by atoms with E-state index in [0.717, 1.165) is 16.8 Å². The summed E-state index contributed by atoms with van der Waals surface area (Å²) in [5.74, 6) is -0.0846. The van der Waals surface area contributed by atoms with Crippen LogP contribution in [-0.4, -0.2) is 66.5 Å². The lowest BCUT2D eigenvalue weighted by molar-refractivity contribution is -0.148. The maximum Gasteiger partial charge on any atom is 0.239 e. The highest BCUT2D eigenvalue weighted by Crippen LogP contribution is 2.17. The molecule has 3 atom stereocenters. The van der Waals surface area contributed by atoms with E-state index in [0.29, 0.717) is 13.1 Å². The van der Waals surface area contributed by atoms with Gasteiger partial charge in [-0.15, -0.1) is 0 Å². The third-order valence-electron chi connectivity index (χ3n) is 4.81. The second kappa shape index (κ2) is 8.64. The molecule has 1 aromatic rings. The number of amides is 2. The topological polar surface area (TPSA) is 61.9 Å². The molecule has 6 nitrogen and oxygen atoms in total. The zero-order chi connectivity index (χ0) is 19.4. The van der Waals surface area contributed by atoms with E-state index in [1.165, 1.54) is 0 Å². The van der Waals surface area contributed by atoms with Crippen molar-refractivity contribution in [2.45, 2.75) is 52.9 Å². The number of nitrogens with zero attached hydrogens (tertiary/aromatic N) is 2. The summed E-state index contributed by atoms with van der Waals surface area (Å²) in [6.45, 7) is 11.1. The number of carbonyl (C=O) groups is 2. The Kier molecular flexibility index (Phi) is 6.78. The van der Waals surface area contributed by atoms with Gasteiger partial charge >= 0.3 is 0 Å². The predicted octanol–water partition coefficient (Wildman–Crippen LogP) is 2.20. The molecule has 1 aliphatic heterocycles. The molecule has 0 saturated carbocycles. The Hall–Kier alpha value is -1.92. The molecule has 6 heteroatoms. The number of hydrogen-bond acceptors (Lipinski definition) is 4. The minimum Gasteiger partial charge on any atom is -0.372 e. The van der Waals surface area contributed by atoms with Crippen LogP contribution in [-0.2, 0) is 14.3 Å². The van der Waals surface area contributed by atoms with Gasteiger partial charge in [0, 0.05) is 18.8 Å². The van der Waals surface area contributed by atoms with Crippen LogP contribution in [0.3, 0.4) is 0 Å². The average Bonchev–Trinajstić information content (AvgIpc) is 2.55. The summed E-state index contributed by atoms with van der Waals surface area (Å²) in [6.07, 6.45) is 0.0700. The minimum atomic E-state index is -0.364. The van der Waals surface area contributed by atoms with Crippen LogP contribution >= 0.6 is 0 Å². The molecule has 2 amide bonds. The van der Waals surface area contributed by atoms with Crippen LogP contribution in [0, 0.1) is 13.8 Å². The number of anilines is 1. The van der Waals surface area contributed by atoms with Gasteiger partial charge in [0.25, 0.3) is 0 Å². The van der Waals surface area contributed by atoms with Gasteiger partial charge in [0.2, 0.25) is 11.8 Å². The Bertz CT molecular complexity index is 652. The van der Waals surface area contributed by atoms with E-state index in [9.17, 15) is 9.59 Å². The van der Waals surface area contributed by atoms with E-state index in [1.54, 1.807) is 11.9 Å². The number of ether oxygens (including phenoxy) is 1. The van der Waals surface area contributed by atoms with Gasteiger partial charge in [-0.1, -0.05) is 12.1 Å². The SMILES string of the molecule is Cc1ccc(C)c(NC(=O)CN(C)[C@H](C)C(=O)N2C[C@@H](C)O[C@H](C)C2)c1. The summed E-state index contributed by atoms with van der Waals surface area (Å²) >= 11 is 0. The van der Waals surface area contributed by atoms with Crippen LogP contribution in [0.25, 0.3) is 0 Å². The van der Waals surface area contributed by atoms with Gasteiger partial charge in [0.05, 0.1) is 24.8 Å². The Morgan fingerprint density at radius 3 is 2.50 bits per heavy atom. The van der Waals surface area contributed by atoms with Gasteiger partial charge in [-0.2, -0.15) is 0 Å². The largest absolute Gasteiger partial charge is 0.372 e. The molecule has 1 aromatic carbocycles. The Morgan fingerprint density at radius 1 is 1.27 bits per heavy atom. The monoisotopic (exact) mass is 361 g/mol. The first kappa shape index (κ1) is 20.4. The molecule has 1 heterocycles. The Balaban J connectivity index is 1.93. The van der Waals surface area contributed by atoms with Gasteiger partial charge in [0.15, 0.2) is 0 Å². The summed E-state index contributed by atoms with van der Waals surface area (Å²) in [4.78, 5) is 28.8. The van der Waals surface area contributed by atoms with Crippen molar-refractivity contribution in [3.05, 3.63) is 29.3 Å². The van der Waals surface area contributed by atoms with Gasteiger partial charge in [-0.05, 0) is 58.9 Å². The summed E-state index contributed by atoms with van der Waals surface area (Å²) in [6, 6.07) is 5.60. The number of morpholine rings is 1. The van der Waals surface area contributed by atoms with Gasteiger partial charge in [0.1, 0.15) is 0 Å². The van der Waals surface area contributed by atoms with E-state index < -0.39 is 0 Å². The van der Waals surface area contributed by atoms with E-state index in [4.69, 9.17) is 4.74 Å². The molecule has 1 fully saturated rings. The van der Waals surface area contributed by atoms with E-state index in [1.807, 2.05) is 57.7 Å². The van der Waals surface area contributed by atoms with Crippen molar-refractivity contribution in [3.63, 3.8) is 0 Å². The number of carbonyl (C=O) groups excluding carboxylic acids is 2. The van der Waals surface area contributed by atoms with Crippen LogP contribution in [0.1, 0.15) is 31.9 Å². The fraction of sp³-hybridized carbons (Fsp3) is 0.600. The van der Waals surface area contributed by atoms with Crippen molar-refractivity contribution in [1.29, 1.82) is 0 Å². The molecular weight excluding hydrogens is 330 g/mol. The van der Waals surface area contributed by atoms with Crippen LogP contribution in [0.15, 0.2) is 18.2 Å². The number of benzene rings is 1. The second-order valence-corrected chi connectivity index (χ2v) is 7.46. The highest BCUT2D eigenvalue weighted by molar-refractivity contribution is 5.93. The highest BCUT2D eigenvalue weighted by atomic mass is 16.5. The lowest BCUT2D eigenvalue weighted by atomic mass is 10.1. The molecule has 0 bridgehead atoms. The molecule has 0 aromatic heterocycles. The third-order valence-corrected chi connectivity index (χ3v) is 4.81. The number of likely N-dealkylation sites (N-methyl/N-ethyl adjacent to an activating group) is 1. The van der Waals surface area contributed by atoms with Crippen LogP contribution in [0.2, 0.25) is 0 Å². The first-order valence-corrected chi connectivity index (χ1v) is 9.19. The molecule has 0 spiro atoms. The normalized spacial score (nSPS) is 21.6. The molecule has 0 unspecified atom stereocenters. The van der Waals surface area contributed by atoms with E-state index in [2.05, 4.69) is 5.32 Å². The number of hydrogen-bond donors (Lipinski definition) is 1. The quantitative estimate of drug-likeness (QED) is 0.873. The first-order chi connectivity index (χ1) is 12.2. The lowest BCUT2D eigenvalue weighted by Gasteiger charge is -2.38. The zero-order valence-electron chi connectivity index (χ0n) is 16.7. The summed E-state index contributed by atoms with van der Waals surface area (Å²) in [7, 11) is 1.80. The van der Waals surface area contributed by atoms with Crippen LogP contribution in [0.4, 0.5) is 5.69 Å². The number of nitrogens with one attached hydrogen (secondary N) is 1. The van der Waals surface area contributed by atoms with Crippen molar-refractivity contribution in [2.75, 3.05) is 32.0 Å². The van der Waals surface area contributed by atoms with E-state index in [-0.39, 0.29) is 36.6 Å². The molecule has 2 rings (SSSR count). The van der Waals surface area contributed by atoms with Gasteiger partial charge < -0.3 is 15.0 Å².